The fourth-order valence-corrected chi connectivity index (χ4v) is 3.34. The van der Waals surface area contributed by atoms with Gasteiger partial charge in [0, 0.05) is 36.9 Å². The van der Waals surface area contributed by atoms with E-state index in [0.29, 0.717) is 36.3 Å². The minimum atomic E-state index is -0.140. The molecule has 1 aromatic rings. The number of aromatic nitrogens is 1. The Bertz CT molecular complexity index is 501. The SMILES string of the molecule is CC1CC(C)C(C)N(c2nccc(CNC3CC3)c2F)C1. The van der Waals surface area contributed by atoms with Crippen LogP contribution in [-0.4, -0.2) is 23.6 Å². The Morgan fingerprint density at radius 3 is 2.81 bits per heavy atom. The van der Waals surface area contributed by atoms with Crippen LogP contribution in [0.15, 0.2) is 12.3 Å². The maximum absolute atomic E-state index is 14.8. The molecule has 0 aromatic carbocycles. The molecule has 1 N–H and O–H groups in total. The first kappa shape index (κ1) is 14.8. The minimum Gasteiger partial charge on any atom is -0.351 e. The van der Waals surface area contributed by atoms with Crippen LogP contribution in [-0.2, 0) is 6.54 Å². The van der Waals surface area contributed by atoms with Crippen LogP contribution in [0.25, 0.3) is 0 Å². The lowest BCUT2D eigenvalue weighted by Crippen LogP contribution is -2.46. The van der Waals surface area contributed by atoms with Crippen molar-refractivity contribution >= 4 is 5.82 Å². The van der Waals surface area contributed by atoms with Gasteiger partial charge in [-0.1, -0.05) is 13.8 Å². The average Bonchev–Trinajstić information content (AvgIpc) is 3.26. The summed E-state index contributed by atoms with van der Waals surface area (Å²) in [5.41, 5.74) is 0.741. The summed E-state index contributed by atoms with van der Waals surface area (Å²) in [7, 11) is 0. The van der Waals surface area contributed by atoms with Gasteiger partial charge < -0.3 is 10.2 Å². The molecule has 0 radical (unpaired) electrons. The van der Waals surface area contributed by atoms with E-state index in [9.17, 15) is 4.39 Å². The van der Waals surface area contributed by atoms with E-state index in [2.05, 4.69) is 36.0 Å². The molecule has 3 nitrogen and oxygen atoms in total. The van der Waals surface area contributed by atoms with Gasteiger partial charge in [-0.05, 0) is 44.1 Å². The van der Waals surface area contributed by atoms with Gasteiger partial charge in [0.05, 0.1) is 0 Å². The van der Waals surface area contributed by atoms with Crippen molar-refractivity contribution in [1.82, 2.24) is 10.3 Å². The molecule has 3 atom stereocenters. The number of pyridine rings is 1. The molecule has 116 valence electrons. The van der Waals surface area contributed by atoms with E-state index >= 15 is 0 Å². The summed E-state index contributed by atoms with van der Waals surface area (Å²) in [6.45, 7) is 8.19. The number of halogens is 1. The molecule has 21 heavy (non-hydrogen) atoms. The summed E-state index contributed by atoms with van der Waals surface area (Å²) in [5, 5.41) is 3.39. The minimum absolute atomic E-state index is 0.140. The standard InChI is InChI=1S/C17H26FN3/c1-11-8-12(2)13(3)21(10-11)17-16(18)14(6-7-19-17)9-20-15-4-5-15/h6-7,11-13,15,20H,4-5,8-10H2,1-3H3. The van der Waals surface area contributed by atoms with E-state index in [1.54, 1.807) is 12.3 Å². The first-order valence-electron chi connectivity index (χ1n) is 8.19. The molecule has 0 spiro atoms. The summed E-state index contributed by atoms with van der Waals surface area (Å²) in [6, 6.07) is 2.74. The Hall–Kier alpha value is -1.16. The van der Waals surface area contributed by atoms with Crippen molar-refractivity contribution in [3.8, 4) is 0 Å². The van der Waals surface area contributed by atoms with Gasteiger partial charge in [-0.25, -0.2) is 9.37 Å². The first-order valence-corrected chi connectivity index (χ1v) is 8.19. The number of nitrogens with one attached hydrogen (secondary N) is 1. The van der Waals surface area contributed by atoms with Crippen molar-refractivity contribution in [2.24, 2.45) is 11.8 Å². The molecule has 1 saturated heterocycles. The number of nitrogens with zero attached hydrogens (tertiary/aromatic N) is 2. The molecule has 2 fully saturated rings. The van der Waals surface area contributed by atoms with E-state index in [1.807, 2.05) is 0 Å². The van der Waals surface area contributed by atoms with Crippen molar-refractivity contribution in [3.63, 3.8) is 0 Å². The fraction of sp³-hybridized carbons (Fsp3) is 0.706. The predicted octanol–water partition coefficient (Wildman–Crippen LogP) is 3.34. The van der Waals surface area contributed by atoms with E-state index in [1.165, 1.54) is 19.3 Å². The van der Waals surface area contributed by atoms with Crippen LogP contribution in [0.5, 0.6) is 0 Å². The molecule has 1 saturated carbocycles. The second-order valence-electron chi connectivity index (χ2n) is 6.97. The Morgan fingerprint density at radius 2 is 2.10 bits per heavy atom. The third-order valence-corrected chi connectivity index (χ3v) is 4.98. The predicted molar refractivity (Wildman–Crippen MR) is 83.8 cm³/mol. The van der Waals surface area contributed by atoms with Crippen molar-refractivity contribution in [3.05, 3.63) is 23.6 Å². The molecule has 0 bridgehead atoms. The number of piperidine rings is 1. The zero-order valence-electron chi connectivity index (χ0n) is 13.3. The third kappa shape index (κ3) is 3.20. The van der Waals surface area contributed by atoms with E-state index in [4.69, 9.17) is 0 Å². The highest BCUT2D eigenvalue weighted by Crippen LogP contribution is 2.32. The molecule has 1 aromatic heterocycles. The smallest absolute Gasteiger partial charge is 0.170 e. The van der Waals surface area contributed by atoms with Gasteiger partial charge in [-0.15, -0.1) is 0 Å². The van der Waals surface area contributed by atoms with Crippen LogP contribution in [0.4, 0.5) is 10.2 Å². The van der Waals surface area contributed by atoms with Crippen LogP contribution < -0.4 is 10.2 Å². The highest BCUT2D eigenvalue weighted by Gasteiger charge is 2.31. The Labute approximate surface area is 126 Å². The number of rotatable bonds is 4. The lowest BCUT2D eigenvalue weighted by atomic mass is 9.86. The van der Waals surface area contributed by atoms with Crippen LogP contribution in [0, 0.1) is 17.7 Å². The fourth-order valence-electron chi connectivity index (χ4n) is 3.34. The molecule has 3 unspecified atom stereocenters. The number of hydrogen-bond acceptors (Lipinski definition) is 3. The maximum Gasteiger partial charge on any atom is 0.170 e. The largest absolute Gasteiger partial charge is 0.351 e. The maximum atomic E-state index is 14.8. The molecule has 3 rings (SSSR count). The Balaban J connectivity index is 1.81. The molecule has 1 aliphatic heterocycles. The normalized spacial score (nSPS) is 29.7. The third-order valence-electron chi connectivity index (χ3n) is 4.98. The van der Waals surface area contributed by atoms with E-state index in [0.717, 1.165) is 12.1 Å². The van der Waals surface area contributed by atoms with Gasteiger partial charge in [0.1, 0.15) is 0 Å². The highest BCUT2D eigenvalue weighted by molar-refractivity contribution is 5.45. The van der Waals surface area contributed by atoms with Crippen LogP contribution in [0.2, 0.25) is 0 Å². The summed E-state index contributed by atoms with van der Waals surface area (Å²) in [5.74, 6) is 1.56. The highest BCUT2D eigenvalue weighted by atomic mass is 19.1. The molecule has 4 heteroatoms. The van der Waals surface area contributed by atoms with Crippen LogP contribution in [0.1, 0.15) is 45.6 Å². The van der Waals surface area contributed by atoms with Gasteiger partial charge in [0.15, 0.2) is 11.6 Å². The van der Waals surface area contributed by atoms with Gasteiger partial charge >= 0.3 is 0 Å². The summed E-state index contributed by atoms with van der Waals surface area (Å²) >= 11 is 0. The summed E-state index contributed by atoms with van der Waals surface area (Å²) < 4.78 is 14.8. The molecule has 2 heterocycles. The average molecular weight is 291 g/mol. The quantitative estimate of drug-likeness (QED) is 0.922. The lowest BCUT2D eigenvalue weighted by molar-refractivity contribution is 0.293. The van der Waals surface area contributed by atoms with Crippen molar-refractivity contribution in [2.75, 3.05) is 11.4 Å². The second kappa shape index (κ2) is 5.91. The Morgan fingerprint density at radius 1 is 1.33 bits per heavy atom. The molecule has 0 amide bonds. The zero-order valence-corrected chi connectivity index (χ0v) is 13.3. The first-order chi connectivity index (χ1) is 10.1. The number of hydrogen-bond donors (Lipinski definition) is 1. The zero-order chi connectivity index (χ0) is 15.0. The molecular formula is C17H26FN3. The summed E-state index contributed by atoms with van der Waals surface area (Å²) in [6.07, 6.45) is 5.40. The van der Waals surface area contributed by atoms with E-state index in [-0.39, 0.29) is 5.82 Å². The molecular weight excluding hydrogens is 265 g/mol. The van der Waals surface area contributed by atoms with Crippen molar-refractivity contribution in [2.45, 2.75) is 58.7 Å². The lowest BCUT2D eigenvalue weighted by Gasteiger charge is -2.42. The van der Waals surface area contributed by atoms with Crippen molar-refractivity contribution < 1.29 is 4.39 Å². The van der Waals surface area contributed by atoms with Gasteiger partial charge in [-0.3, -0.25) is 0 Å². The number of anilines is 1. The van der Waals surface area contributed by atoms with Crippen LogP contribution in [0.3, 0.4) is 0 Å². The Kier molecular flexibility index (Phi) is 4.16. The topological polar surface area (TPSA) is 28.2 Å². The second-order valence-corrected chi connectivity index (χ2v) is 6.97. The monoisotopic (exact) mass is 291 g/mol. The molecule has 2 aliphatic rings. The van der Waals surface area contributed by atoms with Gasteiger partial charge in [0.25, 0.3) is 0 Å². The van der Waals surface area contributed by atoms with Gasteiger partial charge in [0.2, 0.25) is 0 Å². The summed E-state index contributed by atoms with van der Waals surface area (Å²) in [4.78, 5) is 6.51. The van der Waals surface area contributed by atoms with E-state index < -0.39 is 0 Å². The molecule has 1 aliphatic carbocycles. The van der Waals surface area contributed by atoms with Crippen LogP contribution >= 0.6 is 0 Å². The van der Waals surface area contributed by atoms with Gasteiger partial charge in [-0.2, -0.15) is 0 Å². The van der Waals surface area contributed by atoms with Crippen molar-refractivity contribution in [1.29, 1.82) is 0 Å².